The van der Waals surface area contributed by atoms with Crippen LogP contribution in [0.25, 0.3) is 0 Å². The summed E-state index contributed by atoms with van der Waals surface area (Å²) in [5, 5.41) is 0. The lowest BCUT2D eigenvalue weighted by molar-refractivity contribution is 0.590. The molecule has 16 heavy (non-hydrogen) atoms. The lowest BCUT2D eigenvalue weighted by Gasteiger charge is -2.14. The minimum Gasteiger partial charge on any atom is -0.330 e. The molecule has 0 fully saturated rings. The molecule has 0 amide bonds. The predicted octanol–water partition coefficient (Wildman–Crippen LogP) is 2.94. The first kappa shape index (κ1) is 13.2. The van der Waals surface area contributed by atoms with Gasteiger partial charge in [0.2, 0.25) is 0 Å². The Balaban J connectivity index is 2.60. The lowest BCUT2D eigenvalue weighted by Crippen LogP contribution is -2.11. The summed E-state index contributed by atoms with van der Waals surface area (Å²) >= 11 is 0. The molecule has 1 rings (SSSR count). The maximum Gasteiger partial charge on any atom is 0.0294 e. The highest BCUT2D eigenvalue weighted by molar-refractivity contribution is 5.27. The van der Waals surface area contributed by atoms with E-state index in [0.29, 0.717) is 5.92 Å². The number of benzene rings is 1. The minimum atomic E-state index is 0.158. The van der Waals surface area contributed by atoms with Crippen LogP contribution in [0.4, 0.5) is 0 Å². The van der Waals surface area contributed by atoms with Gasteiger partial charge in [0.25, 0.3) is 0 Å². The molecule has 0 aliphatic rings. The van der Waals surface area contributed by atoms with Gasteiger partial charge in [-0.2, -0.15) is 0 Å². The van der Waals surface area contributed by atoms with Crippen LogP contribution in [0, 0.1) is 0 Å². The van der Waals surface area contributed by atoms with E-state index in [9.17, 15) is 0 Å². The van der Waals surface area contributed by atoms with Gasteiger partial charge in [-0.3, -0.25) is 0 Å². The van der Waals surface area contributed by atoms with E-state index in [2.05, 4.69) is 38.1 Å². The van der Waals surface area contributed by atoms with E-state index in [0.717, 1.165) is 25.8 Å². The van der Waals surface area contributed by atoms with Crippen molar-refractivity contribution < 1.29 is 0 Å². The van der Waals surface area contributed by atoms with E-state index in [1.165, 1.54) is 11.1 Å². The van der Waals surface area contributed by atoms with Gasteiger partial charge in [0.15, 0.2) is 0 Å². The molecule has 0 spiro atoms. The third kappa shape index (κ3) is 3.95. The summed E-state index contributed by atoms with van der Waals surface area (Å²) in [6.07, 6.45) is 3.21. The Hall–Kier alpha value is -0.860. The van der Waals surface area contributed by atoms with Crippen LogP contribution >= 0.6 is 0 Å². The van der Waals surface area contributed by atoms with Crippen LogP contribution in [0.1, 0.15) is 56.2 Å². The van der Waals surface area contributed by atoms with Gasteiger partial charge >= 0.3 is 0 Å². The van der Waals surface area contributed by atoms with E-state index < -0.39 is 0 Å². The first-order valence-corrected chi connectivity index (χ1v) is 6.20. The highest BCUT2D eigenvalue weighted by atomic mass is 14.6. The van der Waals surface area contributed by atoms with Crippen LogP contribution in [-0.4, -0.2) is 6.54 Å². The molecule has 1 aromatic carbocycles. The summed E-state index contributed by atoms with van der Waals surface area (Å²) < 4.78 is 0. The second kappa shape index (κ2) is 6.66. The second-order valence-corrected chi connectivity index (χ2v) is 4.72. The minimum absolute atomic E-state index is 0.158. The van der Waals surface area contributed by atoms with Crippen LogP contribution in [0.2, 0.25) is 0 Å². The zero-order valence-corrected chi connectivity index (χ0v) is 10.4. The van der Waals surface area contributed by atoms with Gasteiger partial charge in [-0.25, -0.2) is 0 Å². The van der Waals surface area contributed by atoms with Crippen LogP contribution in [0.15, 0.2) is 24.3 Å². The summed E-state index contributed by atoms with van der Waals surface area (Å²) in [6.45, 7) is 5.18. The molecule has 0 heterocycles. The van der Waals surface area contributed by atoms with Crippen molar-refractivity contribution in [2.75, 3.05) is 6.54 Å². The fourth-order valence-corrected chi connectivity index (χ4v) is 1.82. The molecule has 0 saturated carbocycles. The van der Waals surface area contributed by atoms with Gasteiger partial charge in [0.1, 0.15) is 0 Å². The highest BCUT2D eigenvalue weighted by Crippen LogP contribution is 2.21. The third-order valence-corrected chi connectivity index (χ3v) is 2.97. The molecule has 90 valence electrons. The first-order valence-electron chi connectivity index (χ1n) is 6.20. The molecule has 1 aromatic rings. The van der Waals surface area contributed by atoms with Crippen molar-refractivity contribution in [3.05, 3.63) is 35.4 Å². The zero-order valence-electron chi connectivity index (χ0n) is 10.4. The number of unbranched alkanes of at least 4 members (excludes halogenated alkanes) is 1. The van der Waals surface area contributed by atoms with Crippen molar-refractivity contribution in [2.24, 2.45) is 11.5 Å². The van der Waals surface area contributed by atoms with Crippen molar-refractivity contribution >= 4 is 0 Å². The Morgan fingerprint density at radius 1 is 1.12 bits per heavy atom. The van der Waals surface area contributed by atoms with Gasteiger partial charge < -0.3 is 11.5 Å². The van der Waals surface area contributed by atoms with E-state index in [1.54, 1.807) is 0 Å². The maximum atomic E-state index is 6.16. The molecule has 2 nitrogen and oxygen atoms in total. The molecule has 0 radical (unpaired) electrons. The largest absolute Gasteiger partial charge is 0.330 e. The van der Waals surface area contributed by atoms with Gasteiger partial charge in [0.05, 0.1) is 0 Å². The zero-order chi connectivity index (χ0) is 12.0. The molecule has 0 unspecified atom stereocenters. The highest BCUT2D eigenvalue weighted by Gasteiger charge is 2.07. The summed E-state index contributed by atoms with van der Waals surface area (Å²) in [5.74, 6) is 0.566. The molecule has 2 heteroatoms. The Morgan fingerprint density at radius 3 is 2.44 bits per heavy atom. The summed E-state index contributed by atoms with van der Waals surface area (Å²) in [6, 6.07) is 8.79. The smallest absolute Gasteiger partial charge is 0.0294 e. The summed E-state index contributed by atoms with van der Waals surface area (Å²) in [4.78, 5) is 0. The summed E-state index contributed by atoms with van der Waals surface area (Å²) in [5.41, 5.74) is 14.3. The Bertz CT molecular complexity index is 307. The summed E-state index contributed by atoms with van der Waals surface area (Å²) in [7, 11) is 0. The standard InChI is InChI=1S/C14H24N2/c1-11(2)12-6-5-7-13(10-12)14(16)8-3-4-9-15/h5-7,10-11,14H,3-4,8-9,15-16H2,1-2H3/t14-/m1/s1. The van der Waals surface area contributed by atoms with E-state index in [1.807, 2.05) is 0 Å². The van der Waals surface area contributed by atoms with Crippen molar-refractivity contribution in [1.82, 2.24) is 0 Å². The fraction of sp³-hybridized carbons (Fsp3) is 0.571. The average Bonchev–Trinajstić information content (AvgIpc) is 2.29. The molecule has 0 aliphatic heterocycles. The Kier molecular flexibility index (Phi) is 5.50. The van der Waals surface area contributed by atoms with Crippen molar-refractivity contribution in [2.45, 2.75) is 45.1 Å². The van der Waals surface area contributed by atoms with Gasteiger partial charge in [-0.1, -0.05) is 44.5 Å². The van der Waals surface area contributed by atoms with Crippen molar-refractivity contribution in [1.29, 1.82) is 0 Å². The van der Waals surface area contributed by atoms with Crippen molar-refractivity contribution in [3.8, 4) is 0 Å². The SMILES string of the molecule is CC(C)c1cccc([C@H](N)CCCCN)c1. The number of nitrogens with two attached hydrogens (primary N) is 2. The third-order valence-electron chi connectivity index (χ3n) is 2.97. The van der Waals surface area contributed by atoms with Crippen LogP contribution in [-0.2, 0) is 0 Å². The lowest BCUT2D eigenvalue weighted by atomic mass is 9.96. The maximum absolute atomic E-state index is 6.16. The topological polar surface area (TPSA) is 52.0 Å². The Morgan fingerprint density at radius 2 is 1.81 bits per heavy atom. The molecular formula is C14H24N2. The van der Waals surface area contributed by atoms with E-state index in [4.69, 9.17) is 11.5 Å². The number of rotatable bonds is 6. The van der Waals surface area contributed by atoms with Crippen LogP contribution in [0.3, 0.4) is 0 Å². The molecular weight excluding hydrogens is 196 g/mol. The Labute approximate surface area is 99.0 Å². The van der Waals surface area contributed by atoms with Gasteiger partial charge in [-0.05, 0) is 36.4 Å². The van der Waals surface area contributed by atoms with E-state index in [-0.39, 0.29) is 6.04 Å². The quantitative estimate of drug-likeness (QED) is 0.724. The second-order valence-electron chi connectivity index (χ2n) is 4.72. The van der Waals surface area contributed by atoms with Gasteiger partial charge in [0, 0.05) is 6.04 Å². The first-order chi connectivity index (χ1) is 7.65. The predicted molar refractivity (Wildman–Crippen MR) is 70.4 cm³/mol. The normalized spacial score (nSPS) is 13.1. The van der Waals surface area contributed by atoms with Gasteiger partial charge in [-0.15, -0.1) is 0 Å². The fourth-order valence-electron chi connectivity index (χ4n) is 1.82. The van der Waals surface area contributed by atoms with Crippen molar-refractivity contribution in [3.63, 3.8) is 0 Å². The van der Waals surface area contributed by atoms with Crippen LogP contribution in [0.5, 0.6) is 0 Å². The molecule has 4 N–H and O–H groups in total. The molecule has 0 saturated heterocycles. The monoisotopic (exact) mass is 220 g/mol. The van der Waals surface area contributed by atoms with Crippen LogP contribution < -0.4 is 11.5 Å². The molecule has 0 bridgehead atoms. The molecule has 1 atom stereocenters. The molecule has 0 aliphatic carbocycles. The average molecular weight is 220 g/mol. The number of hydrogen-bond donors (Lipinski definition) is 2. The molecule has 0 aromatic heterocycles. The number of hydrogen-bond acceptors (Lipinski definition) is 2. The van der Waals surface area contributed by atoms with E-state index >= 15 is 0 Å².